The van der Waals surface area contributed by atoms with Gasteiger partial charge in [-0.25, -0.2) is 4.79 Å². The lowest BCUT2D eigenvalue weighted by molar-refractivity contribution is 0.0453. The summed E-state index contributed by atoms with van der Waals surface area (Å²) in [6.45, 7) is 6.05. The lowest BCUT2D eigenvalue weighted by Gasteiger charge is -2.25. The maximum atomic E-state index is 12.0. The summed E-state index contributed by atoms with van der Waals surface area (Å²) in [4.78, 5) is 18.6. The van der Waals surface area contributed by atoms with Crippen LogP contribution in [0.3, 0.4) is 0 Å². The van der Waals surface area contributed by atoms with Crippen molar-refractivity contribution in [2.45, 2.75) is 20.0 Å². The number of esters is 1. The number of rotatable bonds is 4. The first-order valence-electron chi connectivity index (χ1n) is 7.26. The van der Waals surface area contributed by atoms with E-state index < -0.39 is 6.10 Å². The van der Waals surface area contributed by atoms with Crippen LogP contribution in [0.5, 0.6) is 0 Å². The predicted molar refractivity (Wildman–Crippen MR) is 81.5 cm³/mol. The van der Waals surface area contributed by atoms with Gasteiger partial charge in [0.05, 0.1) is 5.56 Å². The minimum absolute atomic E-state index is 0.294. The molecule has 0 fully saturated rings. The van der Waals surface area contributed by atoms with Crippen LogP contribution < -0.4 is 4.90 Å². The van der Waals surface area contributed by atoms with Crippen LogP contribution in [0.4, 0.5) is 5.69 Å². The smallest absolute Gasteiger partial charge is 0.341 e. The molecule has 0 radical (unpaired) electrons. The fourth-order valence-electron chi connectivity index (χ4n) is 2.80. The maximum Gasteiger partial charge on any atom is 0.341 e. The molecule has 108 valence electrons. The number of para-hydroxylation sites is 1. The molecule has 21 heavy (non-hydrogen) atoms. The molecule has 0 amide bonds. The number of fused-ring (bicyclic) bond motifs is 1. The zero-order valence-electron chi connectivity index (χ0n) is 12.2. The number of carbonyl (C=O) groups is 1. The average Bonchev–Trinajstić information content (AvgIpc) is 2.87. The van der Waals surface area contributed by atoms with Gasteiger partial charge in [-0.15, -0.1) is 0 Å². The standard InChI is InChI=1S/C17H18N2O2/c1-3-19(4-2)14-10-6-5-8-12(14)16-15-13(17(20)21-16)9-7-11-18-15/h5-11,16H,3-4H2,1-2H3. The van der Waals surface area contributed by atoms with Crippen LogP contribution in [0.15, 0.2) is 42.6 Å². The average molecular weight is 282 g/mol. The van der Waals surface area contributed by atoms with Crippen molar-refractivity contribution in [1.82, 2.24) is 4.98 Å². The topological polar surface area (TPSA) is 42.4 Å². The third-order valence-electron chi connectivity index (χ3n) is 3.86. The first-order valence-corrected chi connectivity index (χ1v) is 7.26. The Kier molecular flexibility index (Phi) is 3.60. The summed E-state index contributed by atoms with van der Waals surface area (Å²) in [5.41, 5.74) is 3.37. The number of hydrogen-bond acceptors (Lipinski definition) is 4. The van der Waals surface area contributed by atoms with Crippen LogP contribution in [0.25, 0.3) is 0 Å². The molecule has 3 rings (SSSR count). The van der Waals surface area contributed by atoms with Crippen molar-refractivity contribution in [3.05, 3.63) is 59.4 Å². The quantitative estimate of drug-likeness (QED) is 0.808. The number of pyridine rings is 1. The van der Waals surface area contributed by atoms with E-state index in [-0.39, 0.29) is 5.97 Å². The van der Waals surface area contributed by atoms with Crippen LogP contribution in [-0.4, -0.2) is 24.0 Å². The van der Waals surface area contributed by atoms with Gasteiger partial charge in [-0.05, 0) is 32.0 Å². The van der Waals surface area contributed by atoms with Gasteiger partial charge in [0.15, 0.2) is 6.10 Å². The highest BCUT2D eigenvalue weighted by Crippen LogP contribution is 2.38. The summed E-state index contributed by atoms with van der Waals surface area (Å²) >= 11 is 0. The van der Waals surface area contributed by atoms with E-state index in [1.54, 1.807) is 18.3 Å². The van der Waals surface area contributed by atoms with Gasteiger partial charge in [-0.3, -0.25) is 4.98 Å². The lowest BCUT2D eigenvalue weighted by Crippen LogP contribution is -2.24. The molecule has 1 aromatic carbocycles. The summed E-state index contributed by atoms with van der Waals surface area (Å²) in [7, 11) is 0. The van der Waals surface area contributed by atoms with E-state index in [1.807, 2.05) is 18.2 Å². The first-order chi connectivity index (χ1) is 10.3. The van der Waals surface area contributed by atoms with E-state index in [1.165, 1.54) is 0 Å². The van der Waals surface area contributed by atoms with Crippen LogP contribution >= 0.6 is 0 Å². The van der Waals surface area contributed by atoms with E-state index in [0.29, 0.717) is 11.3 Å². The molecule has 1 aromatic heterocycles. The summed E-state index contributed by atoms with van der Waals surface area (Å²) in [5.74, 6) is -0.294. The monoisotopic (exact) mass is 282 g/mol. The van der Waals surface area contributed by atoms with Crippen LogP contribution in [-0.2, 0) is 4.74 Å². The van der Waals surface area contributed by atoms with E-state index in [9.17, 15) is 4.79 Å². The summed E-state index contributed by atoms with van der Waals surface area (Å²) in [6, 6.07) is 11.6. The molecule has 0 aliphatic carbocycles. The Bertz CT molecular complexity index is 665. The Morgan fingerprint density at radius 1 is 1.14 bits per heavy atom. The number of carbonyl (C=O) groups excluding carboxylic acids is 1. The minimum atomic E-state index is -0.412. The zero-order valence-corrected chi connectivity index (χ0v) is 12.2. The van der Waals surface area contributed by atoms with Crippen molar-refractivity contribution in [2.75, 3.05) is 18.0 Å². The Morgan fingerprint density at radius 3 is 2.67 bits per heavy atom. The van der Waals surface area contributed by atoms with Crippen molar-refractivity contribution < 1.29 is 9.53 Å². The Hall–Kier alpha value is -2.36. The minimum Gasteiger partial charge on any atom is -0.447 e. The fraction of sp³-hybridized carbons (Fsp3) is 0.294. The van der Waals surface area contributed by atoms with Gasteiger partial charge in [-0.2, -0.15) is 0 Å². The molecule has 0 saturated heterocycles. The van der Waals surface area contributed by atoms with Gasteiger partial charge in [0.1, 0.15) is 5.69 Å². The summed E-state index contributed by atoms with van der Waals surface area (Å²) in [5, 5.41) is 0. The molecule has 2 heterocycles. The Morgan fingerprint density at radius 2 is 1.90 bits per heavy atom. The van der Waals surface area contributed by atoms with Gasteiger partial charge in [0.2, 0.25) is 0 Å². The van der Waals surface area contributed by atoms with Crippen molar-refractivity contribution in [1.29, 1.82) is 0 Å². The highest BCUT2D eigenvalue weighted by atomic mass is 16.5. The highest BCUT2D eigenvalue weighted by molar-refractivity contribution is 5.94. The number of ether oxygens (including phenoxy) is 1. The number of anilines is 1. The number of hydrogen-bond donors (Lipinski definition) is 0. The molecule has 0 saturated carbocycles. The molecule has 2 aromatic rings. The van der Waals surface area contributed by atoms with Crippen molar-refractivity contribution in [2.24, 2.45) is 0 Å². The molecule has 1 aliphatic heterocycles. The van der Waals surface area contributed by atoms with E-state index in [2.05, 4.69) is 29.8 Å². The predicted octanol–water partition coefficient (Wildman–Crippen LogP) is 3.19. The second-order valence-corrected chi connectivity index (χ2v) is 4.95. The second kappa shape index (κ2) is 5.56. The molecule has 4 heteroatoms. The van der Waals surface area contributed by atoms with Gasteiger partial charge < -0.3 is 9.64 Å². The normalized spacial score (nSPS) is 16.5. The van der Waals surface area contributed by atoms with Gasteiger partial charge in [0.25, 0.3) is 0 Å². The van der Waals surface area contributed by atoms with Crippen molar-refractivity contribution in [3.8, 4) is 0 Å². The molecule has 0 bridgehead atoms. The zero-order chi connectivity index (χ0) is 14.8. The maximum absolute atomic E-state index is 12.0. The first kappa shape index (κ1) is 13.6. The van der Waals surface area contributed by atoms with Crippen molar-refractivity contribution in [3.63, 3.8) is 0 Å². The molecule has 0 spiro atoms. The SMILES string of the molecule is CCN(CC)c1ccccc1C1OC(=O)c2cccnc21. The van der Waals surface area contributed by atoms with E-state index in [4.69, 9.17) is 4.74 Å². The molecule has 1 unspecified atom stereocenters. The third-order valence-corrected chi connectivity index (χ3v) is 3.86. The number of cyclic esters (lactones) is 1. The van der Waals surface area contributed by atoms with Crippen molar-refractivity contribution >= 4 is 11.7 Å². The van der Waals surface area contributed by atoms with Crippen LogP contribution in [0, 0.1) is 0 Å². The molecule has 1 aliphatic rings. The van der Waals surface area contributed by atoms with E-state index in [0.717, 1.165) is 24.3 Å². The third kappa shape index (κ3) is 2.27. The van der Waals surface area contributed by atoms with Crippen LogP contribution in [0.1, 0.15) is 41.6 Å². The summed E-state index contributed by atoms with van der Waals surface area (Å²) < 4.78 is 5.57. The fourth-order valence-corrected chi connectivity index (χ4v) is 2.80. The van der Waals surface area contributed by atoms with Crippen LogP contribution in [0.2, 0.25) is 0 Å². The second-order valence-electron chi connectivity index (χ2n) is 4.95. The van der Waals surface area contributed by atoms with E-state index >= 15 is 0 Å². The number of aromatic nitrogens is 1. The van der Waals surface area contributed by atoms with Gasteiger partial charge in [-0.1, -0.05) is 18.2 Å². The number of nitrogens with zero attached hydrogens (tertiary/aromatic N) is 2. The number of benzene rings is 1. The van der Waals surface area contributed by atoms with Gasteiger partial charge in [0, 0.05) is 30.5 Å². The largest absolute Gasteiger partial charge is 0.447 e. The Balaban J connectivity index is 2.09. The lowest BCUT2D eigenvalue weighted by atomic mass is 10.0. The molecule has 1 atom stereocenters. The highest BCUT2D eigenvalue weighted by Gasteiger charge is 2.35. The van der Waals surface area contributed by atoms with Gasteiger partial charge >= 0.3 is 5.97 Å². The molecule has 0 N–H and O–H groups in total. The molecular weight excluding hydrogens is 264 g/mol. The molecule has 4 nitrogen and oxygen atoms in total. The summed E-state index contributed by atoms with van der Waals surface area (Å²) in [6.07, 6.45) is 1.29. The molecular formula is C17H18N2O2. The Labute approximate surface area is 124 Å².